The first-order valence-electron chi connectivity index (χ1n) is 5.84. The summed E-state index contributed by atoms with van der Waals surface area (Å²) in [5, 5.41) is 6.38. The van der Waals surface area contributed by atoms with Crippen LogP contribution in [0, 0.1) is 5.92 Å². The molecule has 14 heavy (non-hydrogen) atoms. The average Bonchev–Trinajstić information content (AvgIpc) is 2.82. The van der Waals surface area contributed by atoms with Crippen LogP contribution >= 0.6 is 0 Å². The zero-order valence-corrected chi connectivity index (χ0v) is 8.72. The van der Waals surface area contributed by atoms with Gasteiger partial charge in [0.25, 0.3) is 0 Å². The number of carbonyl (C=O) groups excluding carboxylic acids is 1. The van der Waals surface area contributed by atoms with Crippen LogP contribution in [0.5, 0.6) is 0 Å². The maximum absolute atomic E-state index is 11.3. The van der Waals surface area contributed by atoms with Crippen molar-refractivity contribution in [3.63, 3.8) is 0 Å². The summed E-state index contributed by atoms with van der Waals surface area (Å²) in [6.07, 6.45) is 6.68. The number of carbonyl (C=O) groups is 1. The second kappa shape index (κ2) is 4.78. The molecule has 0 bridgehead atoms. The Morgan fingerprint density at radius 3 is 2.86 bits per heavy atom. The van der Waals surface area contributed by atoms with Gasteiger partial charge in [0, 0.05) is 12.5 Å². The van der Waals surface area contributed by atoms with Crippen molar-refractivity contribution in [2.75, 3.05) is 13.1 Å². The van der Waals surface area contributed by atoms with E-state index in [1.54, 1.807) is 0 Å². The van der Waals surface area contributed by atoms with E-state index in [0.717, 1.165) is 25.3 Å². The molecule has 0 aromatic heterocycles. The molecule has 0 radical (unpaired) electrons. The molecule has 3 heteroatoms. The molecule has 0 spiro atoms. The minimum Gasteiger partial charge on any atom is -0.353 e. The summed E-state index contributed by atoms with van der Waals surface area (Å²) in [5.74, 6) is 1.09. The normalized spacial score (nSPS) is 26.4. The summed E-state index contributed by atoms with van der Waals surface area (Å²) in [6, 6.07) is 0.524. The van der Waals surface area contributed by atoms with Gasteiger partial charge >= 0.3 is 0 Å². The Labute approximate surface area is 85.6 Å². The monoisotopic (exact) mass is 196 g/mol. The van der Waals surface area contributed by atoms with Crippen molar-refractivity contribution < 1.29 is 4.79 Å². The average molecular weight is 196 g/mol. The van der Waals surface area contributed by atoms with Gasteiger partial charge in [-0.05, 0) is 51.1 Å². The number of nitrogens with one attached hydrogen (secondary N) is 2. The van der Waals surface area contributed by atoms with E-state index in [0.29, 0.717) is 6.04 Å². The highest BCUT2D eigenvalue weighted by atomic mass is 16.1. The van der Waals surface area contributed by atoms with Gasteiger partial charge in [0.2, 0.25) is 5.91 Å². The van der Waals surface area contributed by atoms with Crippen molar-refractivity contribution in [1.82, 2.24) is 10.6 Å². The molecule has 1 unspecified atom stereocenters. The largest absolute Gasteiger partial charge is 0.353 e. The Balaban J connectivity index is 1.50. The molecule has 2 rings (SSSR count). The lowest BCUT2D eigenvalue weighted by atomic mass is 10.0. The van der Waals surface area contributed by atoms with Gasteiger partial charge in [-0.25, -0.2) is 0 Å². The van der Waals surface area contributed by atoms with Gasteiger partial charge < -0.3 is 10.6 Å². The van der Waals surface area contributed by atoms with Crippen LogP contribution < -0.4 is 10.6 Å². The Morgan fingerprint density at radius 1 is 1.36 bits per heavy atom. The van der Waals surface area contributed by atoms with Crippen LogP contribution in [0.15, 0.2) is 0 Å². The van der Waals surface area contributed by atoms with Crippen molar-refractivity contribution >= 4 is 5.91 Å². The number of rotatable bonds is 5. The lowest BCUT2D eigenvalue weighted by molar-refractivity contribution is -0.121. The second-order valence-corrected chi connectivity index (χ2v) is 4.59. The first-order chi connectivity index (χ1) is 6.84. The van der Waals surface area contributed by atoms with E-state index >= 15 is 0 Å². The van der Waals surface area contributed by atoms with E-state index in [2.05, 4.69) is 10.6 Å². The first-order valence-corrected chi connectivity index (χ1v) is 5.84. The van der Waals surface area contributed by atoms with E-state index in [1.807, 2.05) is 0 Å². The van der Waals surface area contributed by atoms with Gasteiger partial charge in [0.05, 0.1) is 0 Å². The fourth-order valence-corrected chi connectivity index (χ4v) is 2.04. The maximum Gasteiger partial charge on any atom is 0.220 e. The molecule has 1 saturated carbocycles. The SMILES string of the molecule is O=C(CCCC1CCNC1)NC1CC1. The quantitative estimate of drug-likeness (QED) is 0.690. The smallest absolute Gasteiger partial charge is 0.220 e. The van der Waals surface area contributed by atoms with Gasteiger partial charge in [-0.3, -0.25) is 4.79 Å². The highest BCUT2D eigenvalue weighted by molar-refractivity contribution is 5.76. The predicted octanol–water partition coefficient (Wildman–Crippen LogP) is 1.04. The van der Waals surface area contributed by atoms with Crippen molar-refractivity contribution in [2.45, 2.75) is 44.6 Å². The van der Waals surface area contributed by atoms with Crippen molar-refractivity contribution in [3.05, 3.63) is 0 Å². The van der Waals surface area contributed by atoms with Crippen molar-refractivity contribution in [3.8, 4) is 0 Å². The minimum absolute atomic E-state index is 0.262. The molecule has 1 aliphatic carbocycles. The molecule has 1 atom stereocenters. The molecule has 1 saturated heterocycles. The summed E-state index contributed by atoms with van der Waals surface area (Å²) in [4.78, 5) is 11.3. The Hall–Kier alpha value is -0.570. The minimum atomic E-state index is 0.262. The van der Waals surface area contributed by atoms with Crippen LogP contribution in [-0.4, -0.2) is 25.0 Å². The Bertz CT molecular complexity index is 195. The van der Waals surface area contributed by atoms with Crippen LogP contribution in [0.25, 0.3) is 0 Å². The molecule has 3 nitrogen and oxygen atoms in total. The summed E-state index contributed by atoms with van der Waals surface area (Å²) in [7, 11) is 0. The van der Waals surface area contributed by atoms with Crippen LogP contribution in [0.4, 0.5) is 0 Å². The zero-order chi connectivity index (χ0) is 9.80. The maximum atomic E-state index is 11.3. The molecular weight excluding hydrogens is 176 g/mol. The molecule has 2 fully saturated rings. The molecule has 0 aromatic rings. The first kappa shape index (κ1) is 9.97. The van der Waals surface area contributed by atoms with Crippen molar-refractivity contribution in [1.29, 1.82) is 0 Å². The topological polar surface area (TPSA) is 41.1 Å². The zero-order valence-electron chi connectivity index (χ0n) is 8.72. The molecule has 0 aromatic carbocycles. The van der Waals surface area contributed by atoms with E-state index < -0.39 is 0 Å². The third kappa shape index (κ3) is 3.29. The van der Waals surface area contributed by atoms with Gasteiger partial charge in [-0.15, -0.1) is 0 Å². The highest BCUT2D eigenvalue weighted by Gasteiger charge is 2.23. The second-order valence-electron chi connectivity index (χ2n) is 4.59. The third-order valence-corrected chi connectivity index (χ3v) is 3.12. The van der Waals surface area contributed by atoms with E-state index in [9.17, 15) is 4.79 Å². The number of amides is 1. The highest BCUT2D eigenvalue weighted by Crippen LogP contribution is 2.19. The summed E-state index contributed by atoms with van der Waals surface area (Å²) >= 11 is 0. The predicted molar refractivity (Wildman–Crippen MR) is 56.0 cm³/mol. The fraction of sp³-hybridized carbons (Fsp3) is 0.909. The van der Waals surface area contributed by atoms with Gasteiger partial charge in [-0.2, -0.15) is 0 Å². The van der Waals surface area contributed by atoms with Crippen LogP contribution in [0.3, 0.4) is 0 Å². The summed E-state index contributed by atoms with van der Waals surface area (Å²) in [5.41, 5.74) is 0. The fourth-order valence-electron chi connectivity index (χ4n) is 2.04. The van der Waals surface area contributed by atoms with Crippen molar-refractivity contribution in [2.24, 2.45) is 5.92 Å². The van der Waals surface area contributed by atoms with Crippen LogP contribution in [-0.2, 0) is 4.79 Å². The Kier molecular flexibility index (Phi) is 3.40. The third-order valence-electron chi connectivity index (χ3n) is 3.12. The summed E-state index contributed by atoms with van der Waals surface area (Å²) < 4.78 is 0. The van der Waals surface area contributed by atoms with Gasteiger partial charge in [0.1, 0.15) is 0 Å². The standard InChI is InChI=1S/C11H20N2O/c14-11(13-10-4-5-10)3-1-2-9-6-7-12-8-9/h9-10,12H,1-8H2,(H,13,14). The molecule has 2 aliphatic rings. The van der Waals surface area contributed by atoms with Gasteiger partial charge in [-0.1, -0.05) is 0 Å². The van der Waals surface area contributed by atoms with E-state index in [1.165, 1.54) is 32.2 Å². The van der Waals surface area contributed by atoms with Gasteiger partial charge in [0.15, 0.2) is 0 Å². The lowest BCUT2D eigenvalue weighted by Gasteiger charge is -2.07. The van der Waals surface area contributed by atoms with Crippen LogP contribution in [0.2, 0.25) is 0 Å². The summed E-state index contributed by atoms with van der Waals surface area (Å²) in [6.45, 7) is 2.32. The Morgan fingerprint density at radius 2 is 2.21 bits per heavy atom. The molecule has 2 N–H and O–H groups in total. The molecule has 80 valence electrons. The number of hydrogen-bond donors (Lipinski definition) is 2. The van der Waals surface area contributed by atoms with E-state index in [4.69, 9.17) is 0 Å². The molecular formula is C11H20N2O. The molecule has 1 amide bonds. The van der Waals surface area contributed by atoms with E-state index in [-0.39, 0.29) is 5.91 Å². The molecule has 1 aliphatic heterocycles. The van der Waals surface area contributed by atoms with Crippen LogP contribution in [0.1, 0.15) is 38.5 Å². The molecule has 1 heterocycles. The lowest BCUT2D eigenvalue weighted by Crippen LogP contribution is -2.25. The number of hydrogen-bond acceptors (Lipinski definition) is 2.